The summed E-state index contributed by atoms with van der Waals surface area (Å²) in [5.74, 6) is 0.826. The molecule has 1 heterocycles. The summed E-state index contributed by atoms with van der Waals surface area (Å²) in [5, 5.41) is 16.8. The van der Waals surface area contributed by atoms with Crippen molar-refractivity contribution in [3.8, 4) is 5.75 Å². The zero-order valence-corrected chi connectivity index (χ0v) is 10.2. The summed E-state index contributed by atoms with van der Waals surface area (Å²) in [4.78, 5) is 0. The predicted octanol–water partition coefficient (Wildman–Crippen LogP) is 1.22. The molecule has 0 saturated carbocycles. The van der Waals surface area contributed by atoms with Crippen molar-refractivity contribution in [2.24, 2.45) is 0 Å². The molecule has 0 bridgehead atoms. The summed E-state index contributed by atoms with van der Waals surface area (Å²) < 4.78 is 5.16. The van der Waals surface area contributed by atoms with Crippen LogP contribution in [0.2, 0.25) is 0 Å². The lowest BCUT2D eigenvalue weighted by Crippen LogP contribution is -2.46. The summed E-state index contributed by atoms with van der Waals surface area (Å²) in [6.07, 6.45) is 1.59. The van der Waals surface area contributed by atoms with Crippen molar-refractivity contribution in [1.29, 1.82) is 0 Å². The standard InChI is InChI=1S/C13H20N2O2/c1-17-12-4-2-3-11(9-12)15-10-13(16)5-7-14-8-6-13/h2-4,9,14-16H,5-8,10H2,1H3. The van der Waals surface area contributed by atoms with Gasteiger partial charge >= 0.3 is 0 Å². The van der Waals surface area contributed by atoms with Gasteiger partial charge in [0, 0.05) is 18.3 Å². The molecule has 1 aromatic rings. The maximum absolute atomic E-state index is 10.3. The SMILES string of the molecule is COc1cccc(NCC2(O)CCNCC2)c1. The van der Waals surface area contributed by atoms with Gasteiger partial charge in [-0.3, -0.25) is 0 Å². The summed E-state index contributed by atoms with van der Waals surface area (Å²) in [6, 6.07) is 7.76. The Morgan fingerprint density at radius 1 is 1.41 bits per heavy atom. The van der Waals surface area contributed by atoms with E-state index in [1.807, 2.05) is 24.3 Å². The van der Waals surface area contributed by atoms with Crippen LogP contribution in [0.5, 0.6) is 5.75 Å². The number of piperidine rings is 1. The Hall–Kier alpha value is -1.26. The van der Waals surface area contributed by atoms with Crippen LogP contribution < -0.4 is 15.4 Å². The fraction of sp³-hybridized carbons (Fsp3) is 0.538. The highest BCUT2D eigenvalue weighted by atomic mass is 16.5. The Morgan fingerprint density at radius 2 is 2.18 bits per heavy atom. The van der Waals surface area contributed by atoms with E-state index in [4.69, 9.17) is 4.74 Å². The van der Waals surface area contributed by atoms with Crippen molar-refractivity contribution >= 4 is 5.69 Å². The van der Waals surface area contributed by atoms with Crippen molar-refractivity contribution in [2.75, 3.05) is 32.1 Å². The lowest BCUT2D eigenvalue weighted by Gasteiger charge is -2.33. The average molecular weight is 236 g/mol. The van der Waals surface area contributed by atoms with E-state index in [1.165, 1.54) is 0 Å². The van der Waals surface area contributed by atoms with E-state index in [-0.39, 0.29) is 0 Å². The highest BCUT2D eigenvalue weighted by Crippen LogP contribution is 2.21. The number of aliphatic hydroxyl groups is 1. The van der Waals surface area contributed by atoms with Crippen LogP contribution in [0.15, 0.2) is 24.3 Å². The molecule has 1 aromatic carbocycles. The van der Waals surface area contributed by atoms with Gasteiger partial charge in [0.2, 0.25) is 0 Å². The molecule has 0 amide bonds. The normalized spacial score (nSPS) is 18.7. The predicted molar refractivity (Wildman–Crippen MR) is 68.5 cm³/mol. The summed E-state index contributed by atoms with van der Waals surface area (Å²) in [5.41, 5.74) is 0.394. The first kappa shape index (κ1) is 12.2. The molecule has 0 spiro atoms. The Kier molecular flexibility index (Phi) is 3.86. The van der Waals surface area contributed by atoms with Gasteiger partial charge in [-0.2, -0.15) is 0 Å². The average Bonchev–Trinajstić information content (AvgIpc) is 2.38. The second-order valence-electron chi connectivity index (χ2n) is 4.56. The van der Waals surface area contributed by atoms with Crippen molar-refractivity contribution in [3.05, 3.63) is 24.3 Å². The van der Waals surface area contributed by atoms with Crippen molar-refractivity contribution in [3.63, 3.8) is 0 Å². The molecular formula is C13H20N2O2. The molecule has 1 saturated heterocycles. The van der Waals surface area contributed by atoms with E-state index < -0.39 is 5.60 Å². The molecule has 94 valence electrons. The minimum Gasteiger partial charge on any atom is -0.497 e. The van der Waals surface area contributed by atoms with Crippen LogP contribution >= 0.6 is 0 Å². The Labute approximate surface area is 102 Å². The molecule has 2 rings (SSSR count). The summed E-state index contributed by atoms with van der Waals surface area (Å²) >= 11 is 0. The first-order valence-electron chi connectivity index (χ1n) is 6.03. The molecule has 17 heavy (non-hydrogen) atoms. The molecule has 1 aliphatic heterocycles. The van der Waals surface area contributed by atoms with Crippen LogP contribution in [-0.4, -0.2) is 37.5 Å². The lowest BCUT2D eigenvalue weighted by atomic mass is 9.92. The van der Waals surface area contributed by atoms with Crippen LogP contribution in [-0.2, 0) is 0 Å². The topological polar surface area (TPSA) is 53.5 Å². The van der Waals surface area contributed by atoms with Gasteiger partial charge in [-0.05, 0) is 38.1 Å². The minimum absolute atomic E-state index is 0.585. The van der Waals surface area contributed by atoms with E-state index in [0.29, 0.717) is 6.54 Å². The molecule has 0 atom stereocenters. The fourth-order valence-corrected chi connectivity index (χ4v) is 2.07. The van der Waals surface area contributed by atoms with E-state index in [9.17, 15) is 5.11 Å². The zero-order valence-electron chi connectivity index (χ0n) is 10.2. The molecule has 4 heteroatoms. The lowest BCUT2D eigenvalue weighted by molar-refractivity contribution is 0.0232. The molecule has 0 aromatic heterocycles. The van der Waals surface area contributed by atoms with Gasteiger partial charge in [-0.25, -0.2) is 0 Å². The van der Waals surface area contributed by atoms with Crippen LogP contribution in [0.4, 0.5) is 5.69 Å². The number of rotatable bonds is 4. The molecule has 0 radical (unpaired) electrons. The molecule has 0 unspecified atom stereocenters. The third-order valence-corrected chi connectivity index (χ3v) is 3.23. The number of nitrogens with one attached hydrogen (secondary N) is 2. The van der Waals surface area contributed by atoms with Gasteiger partial charge < -0.3 is 20.5 Å². The smallest absolute Gasteiger partial charge is 0.120 e. The van der Waals surface area contributed by atoms with Gasteiger partial charge in [0.25, 0.3) is 0 Å². The van der Waals surface area contributed by atoms with Crippen molar-refractivity contribution < 1.29 is 9.84 Å². The van der Waals surface area contributed by atoms with E-state index in [0.717, 1.165) is 37.4 Å². The van der Waals surface area contributed by atoms with Gasteiger partial charge in [-0.1, -0.05) is 6.07 Å². The number of hydrogen-bond donors (Lipinski definition) is 3. The van der Waals surface area contributed by atoms with E-state index >= 15 is 0 Å². The van der Waals surface area contributed by atoms with Crippen molar-refractivity contribution in [1.82, 2.24) is 5.32 Å². The summed E-state index contributed by atoms with van der Waals surface area (Å²) in [6.45, 7) is 2.36. The molecule has 4 nitrogen and oxygen atoms in total. The van der Waals surface area contributed by atoms with Crippen LogP contribution in [0.3, 0.4) is 0 Å². The van der Waals surface area contributed by atoms with Crippen molar-refractivity contribution in [2.45, 2.75) is 18.4 Å². The van der Waals surface area contributed by atoms with Gasteiger partial charge in [0.15, 0.2) is 0 Å². The summed E-state index contributed by atoms with van der Waals surface area (Å²) in [7, 11) is 1.65. The van der Waals surface area contributed by atoms with Crippen LogP contribution in [0.1, 0.15) is 12.8 Å². The second kappa shape index (κ2) is 5.38. The number of anilines is 1. The largest absolute Gasteiger partial charge is 0.497 e. The van der Waals surface area contributed by atoms with Gasteiger partial charge in [0.1, 0.15) is 5.75 Å². The Morgan fingerprint density at radius 3 is 2.88 bits per heavy atom. The van der Waals surface area contributed by atoms with E-state index in [1.54, 1.807) is 7.11 Å². The number of methoxy groups -OCH3 is 1. The number of hydrogen-bond acceptors (Lipinski definition) is 4. The Bertz CT molecular complexity index is 362. The number of benzene rings is 1. The van der Waals surface area contributed by atoms with Gasteiger partial charge in [-0.15, -0.1) is 0 Å². The fourth-order valence-electron chi connectivity index (χ4n) is 2.07. The maximum atomic E-state index is 10.3. The first-order valence-corrected chi connectivity index (χ1v) is 6.03. The number of ether oxygens (including phenoxy) is 1. The minimum atomic E-state index is -0.589. The molecule has 1 aliphatic rings. The maximum Gasteiger partial charge on any atom is 0.120 e. The third kappa shape index (κ3) is 3.35. The molecule has 1 fully saturated rings. The molecule has 0 aliphatic carbocycles. The molecule has 3 N–H and O–H groups in total. The Balaban J connectivity index is 1.92. The van der Waals surface area contributed by atoms with Crippen LogP contribution in [0, 0.1) is 0 Å². The second-order valence-corrected chi connectivity index (χ2v) is 4.56. The third-order valence-electron chi connectivity index (χ3n) is 3.23. The monoisotopic (exact) mass is 236 g/mol. The highest BCUT2D eigenvalue weighted by molar-refractivity contribution is 5.48. The highest BCUT2D eigenvalue weighted by Gasteiger charge is 2.28. The first-order chi connectivity index (χ1) is 8.22. The van der Waals surface area contributed by atoms with E-state index in [2.05, 4.69) is 10.6 Å². The zero-order chi connectivity index (χ0) is 12.1. The quantitative estimate of drug-likeness (QED) is 0.736. The molecular weight excluding hydrogens is 216 g/mol. The van der Waals surface area contributed by atoms with Gasteiger partial charge in [0.05, 0.1) is 12.7 Å². The van der Waals surface area contributed by atoms with Crippen LogP contribution in [0.25, 0.3) is 0 Å².